The Morgan fingerprint density at radius 2 is 2.13 bits per heavy atom. The van der Waals surface area contributed by atoms with Crippen LogP contribution in [0, 0.1) is 0 Å². The molecule has 15 heavy (non-hydrogen) atoms. The molecule has 3 heteroatoms. The van der Waals surface area contributed by atoms with Crippen molar-refractivity contribution in [2.75, 3.05) is 7.11 Å². The summed E-state index contributed by atoms with van der Waals surface area (Å²) < 4.78 is 5.13. The Morgan fingerprint density at radius 3 is 2.73 bits per heavy atom. The van der Waals surface area contributed by atoms with Crippen LogP contribution < -0.4 is 4.74 Å². The molecule has 0 bridgehead atoms. The summed E-state index contributed by atoms with van der Waals surface area (Å²) in [6.45, 7) is 0. The largest absolute Gasteiger partial charge is 0.495 e. The Morgan fingerprint density at radius 1 is 1.33 bits per heavy atom. The third-order valence-electron chi connectivity index (χ3n) is 2.50. The Balaban J connectivity index is 2.37. The Bertz CT molecular complexity index is 435. The summed E-state index contributed by atoms with van der Waals surface area (Å²) in [5.41, 5.74) is 2.08. The lowest BCUT2D eigenvalue weighted by Gasteiger charge is -2.06. The summed E-state index contributed by atoms with van der Waals surface area (Å²) >= 11 is 5.92. The molecule has 1 aromatic rings. The number of methoxy groups -OCH3 is 1. The SMILES string of the molecule is COc1cc(C2=CC(=O)CC2)ccc1Cl. The van der Waals surface area contributed by atoms with Gasteiger partial charge in [-0.3, -0.25) is 4.79 Å². The molecule has 0 radical (unpaired) electrons. The van der Waals surface area contributed by atoms with Gasteiger partial charge >= 0.3 is 0 Å². The molecule has 78 valence electrons. The number of halogens is 1. The zero-order valence-corrected chi connectivity index (χ0v) is 9.17. The van der Waals surface area contributed by atoms with E-state index >= 15 is 0 Å². The average molecular weight is 223 g/mol. The number of ketones is 1. The number of carbonyl (C=O) groups is 1. The molecule has 0 spiro atoms. The molecule has 0 atom stereocenters. The summed E-state index contributed by atoms with van der Waals surface area (Å²) in [5.74, 6) is 0.841. The Labute approximate surface area is 93.5 Å². The average Bonchev–Trinajstić information content (AvgIpc) is 2.66. The van der Waals surface area contributed by atoms with Crippen molar-refractivity contribution in [3.63, 3.8) is 0 Å². The number of allylic oxidation sites excluding steroid dienone is 2. The van der Waals surface area contributed by atoms with Crippen molar-refractivity contribution in [1.82, 2.24) is 0 Å². The van der Waals surface area contributed by atoms with Crippen LogP contribution in [0.4, 0.5) is 0 Å². The highest BCUT2D eigenvalue weighted by Crippen LogP contribution is 2.32. The van der Waals surface area contributed by atoms with Crippen LogP contribution >= 0.6 is 11.6 Å². The number of hydrogen-bond donors (Lipinski definition) is 0. The molecule has 1 aliphatic carbocycles. The first-order valence-corrected chi connectivity index (χ1v) is 5.16. The normalized spacial score (nSPS) is 15.3. The summed E-state index contributed by atoms with van der Waals surface area (Å²) in [5, 5.41) is 0.589. The maximum absolute atomic E-state index is 11.1. The van der Waals surface area contributed by atoms with Crippen molar-refractivity contribution >= 4 is 23.0 Å². The highest BCUT2D eigenvalue weighted by molar-refractivity contribution is 6.32. The van der Waals surface area contributed by atoms with E-state index in [0.29, 0.717) is 17.2 Å². The van der Waals surface area contributed by atoms with Crippen LogP contribution in [0.25, 0.3) is 5.57 Å². The molecule has 2 rings (SSSR count). The van der Waals surface area contributed by atoms with Gasteiger partial charge in [-0.1, -0.05) is 17.7 Å². The van der Waals surface area contributed by atoms with Gasteiger partial charge in [0.05, 0.1) is 12.1 Å². The highest BCUT2D eigenvalue weighted by atomic mass is 35.5. The fourth-order valence-corrected chi connectivity index (χ4v) is 1.88. The predicted molar refractivity (Wildman–Crippen MR) is 60.2 cm³/mol. The lowest BCUT2D eigenvalue weighted by molar-refractivity contribution is -0.114. The van der Waals surface area contributed by atoms with Gasteiger partial charge < -0.3 is 4.74 Å². The Kier molecular flexibility index (Phi) is 2.78. The van der Waals surface area contributed by atoms with E-state index in [9.17, 15) is 4.79 Å². The van der Waals surface area contributed by atoms with Crippen molar-refractivity contribution in [2.24, 2.45) is 0 Å². The van der Waals surface area contributed by atoms with Crippen LogP contribution in [0.15, 0.2) is 24.3 Å². The molecule has 0 unspecified atom stereocenters. The van der Waals surface area contributed by atoms with E-state index in [1.165, 1.54) is 0 Å². The first-order chi connectivity index (χ1) is 7.20. The molecule has 0 N–H and O–H groups in total. The minimum atomic E-state index is 0.193. The Hall–Kier alpha value is -1.28. The van der Waals surface area contributed by atoms with Gasteiger partial charge in [-0.15, -0.1) is 0 Å². The fourth-order valence-electron chi connectivity index (χ4n) is 1.68. The van der Waals surface area contributed by atoms with E-state index in [-0.39, 0.29) is 5.78 Å². The smallest absolute Gasteiger partial charge is 0.156 e. The van der Waals surface area contributed by atoms with Crippen LogP contribution in [0.3, 0.4) is 0 Å². The number of carbonyl (C=O) groups excluding carboxylic acids is 1. The van der Waals surface area contributed by atoms with Crippen LogP contribution in [0.5, 0.6) is 5.75 Å². The minimum absolute atomic E-state index is 0.193. The summed E-state index contributed by atoms with van der Waals surface area (Å²) in [6.07, 6.45) is 3.12. The quantitative estimate of drug-likeness (QED) is 0.769. The van der Waals surface area contributed by atoms with E-state index in [4.69, 9.17) is 16.3 Å². The van der Waals surface area contributed by atoms with Crippen molar-refractivity contribution in [1.29, 1.82) is 0 Å². The molecule has 0 fully saturated rings. The number of rotatable bonds is 2. The molecule has 0 heterocycles. The standard InChI is InChI=1S/C12H11ClO2/c1-15-12-7-9(3-5-11(12)13)8-2-4-10(14)6-8/h3,5-7H,2,4H2,1H3. The fraction of sp³-hybridized carbons (Fsp3) is 0.250. The van der Waals surface area contributed by atoms with E-state index in [1.54, 1.807) is 19.3 Å². The van der Waals surface area contributed by atoms with Gasteiger partial charge in [0, 0.05) is 6.42 Å². The lowest BCUT2D eigenvalue weighted by atomic mass is 10.1. The molecule has 0 saturated heterocycles. The number of hydrogen-bond acceptors (Lipinski definition) is 2. The first kappa shape index (κ1) is 10.2. The third-order valence-corrected chi connectivity index (χ3v) is 2.81. The van der Waals surface area contributed by atoms with Crippen molar-refractivity contribution in [3.8, 4) is 5.75 Å². The maximum atomic E-state index is 11.1. The minimum Gasteiger partial charge on any atom is -0.495 e. The summed E-state index contributed by atoms with van der Waals surface area (Å²) in [6, 6.07) is 5.57. The lowest BCUT2D eigenvalue weighted by Crippen LogP contribution is -1.87. The molecule has 0 aromatic heterocycles. The molecule has 2 nitrogen and oxygen atoms in total. The van der Waals surface area contributed by atoms with Crippen LogP contribution in [0.2, 0.25) is 5.02 Å². The second kappa shape index (κ2) is 4.07. The van der Waals surface area contributed by atoms with Crippen molar-refractivity contribution < 1.29 is 9.53 Å². The zero-order valence-electron chi connectivity index (χ0n) is 8.42. The summed E-state index contributed by atoms with van der Waals surface area (Å²) in [4.78, 5) is 11.1. The van der Waals surface area contributed by atoms with Gasteiger partial charge in [-0.05, 0) is 35.8 Å². The maximum Gasteiger partial charge on any atom is 0.156 e. The summed E-state index contributed by atoms with van der Waals surface area (Å²) in [7, 11) is 1.58. The van der Waals surface area contributed by atoms with Gasteiger partial charge in [0.1, 0.15) is 5.75 Å². The molecule has 1 aromatic carbocycles. The highest BCUT2D eigenvalue weighted by Gasteiger charge is 2.14. The van der Waals surface area contributed by atoms with Gasteiger partial charge in [-0.25, -0.2) is 0 Å². The molecule has 0 saturated carbocycles. The second-order valence-electron chi connectivity index (χ2n) is 3.49. The third kappa shape index (κ3) is 2.05. The first-order valence-electron chi connectivity index (χ1n) is 4.78. The van der Waals surface area contributed by atoms with Gasteiger partial charge in [0.25, 0.3) is 0 Å². The van der Waals surface area contributed by atoms with Crippen LogP contribution in [0.1, 0.15) is 18.4 Å². The van der Waals surface area contributed by atoms with E-state index in [2.05, 4.69) is 0 Å². The van der Waals surface area contributed by atoms with Crippen molar-refractivity contribution in [3.05, 3.63) is 34.9 Å². The van der Waals surface area contributed by atoms with Crippen LogP contribution in [-0.2, 0) is 4.79 Å². The second-order valence-corrected chi connectivity index (χ2v) is 3.89. The van der Waals surface area contributed by atoms with Gasteiger partial charge in [-0.2, -0.15) is 0 Å². The van der Waals surface area contributed by atoms with Gasteiger partial charge in [0.2, 0.25) is 0 Å². The van der Waals surface area contributed by atoms with E-state index in [0.717, 1.165) is 17.6 Å². The van der Waals surface area contributed by atoms with E-state index in [1.807, 2.05) is 12.1 Å². The number of benzene rings is 1. The molecular weight excluding hydrogens is 212 g/mol. The van der Waals surface area contributed by atoms with Gasteiger partial charge in [0.15, 0.2) is 5.78 Å². The molecule has 1 aliphatic rings. The molecule has 0 amide bonds. The topological polar surface area (TPSA) is 26.3 Å². The predicted octanol–water partition coefficient (Wildman–Crippen LogP) is 3.09. The monoisotopic (exact) mass is 222 g/mol. The van der Waals surface area contributed by atoms with Crippen molar-refractivity contribution in [2.45, 2.75) is 12.8 Å². The molecule has 0 aliphatic heterocycles. The number of ether oxygens (including phenoxy) is 1. The van der Waals surface area contributed by atoms with E-state index < -0.39 is 0 Å². The van der Waals surface area contributed by atoms with Crippen LogP contribution in [-0.4, -0.2) is 12.9 Å². The zero-order chi connectivity index (χ0) is 10.8. The molecular formula is C12H11ClO2.